The van der Waals surface area contributed by atoms with Crippen LogP contribution in [0.15, 0.2) is 22.9 Å². The van der Waals surface area contributed by atoms with E-state index in [1.54, 1.807) is 0 Å². The van der Waals surface area contributed by atoms with Crippen LogP contribution in [0.3, 0.4) is 0 Å². The van der Waals surface area contributed by atoms with Gasteiger partial charge in [-0.1, -0.05) is 5.16 Å². The smallest absolute Gasteiger partial charge is 0.364 e. The zero-order chi connectivity index (χ0) is 13.2. The van der Waals surface area contributed by atoms with E-state index in [2.05, 4.69) is 20.7 Å². The first kappa shape index (κ1) is 12.3. The Morgan fingerprint density at radius 2 is 2.06 bits per heavy atom. The summed E-state index contributed by atoms with van der Waals surface area (Å²) >= 11 is 0. The fourth-order valence-corrected chi connectivity index (χ4v) is 1.23. The van der Waals surface area contributed by atoms with E-state index in [1.807, 2.05) is 6.92 Å². The average Bonchev–Trinajstić information content (AvgIpc) is 2.72. The second kappa shape index (κ2) is 4.63. The molecule has 8 heteroatoms. The van der Waals surface area contributed by atoms with Gasteiger partial charge in [-0.25, -0.2) is 0 Å². The zero-order valence-electron chi connectivity index (χ0n) is 9.32. The lowest BCUT2D eigenvalue weighted by Gasteiger charge is -2.06. The van der Waals surface area contributed by atoms with Gasteiger partial charge in [-0.2, -0.15) is 13.2 Å². The maximum absolute atomic E-state index is 12.2. The van der Waals surface area contributed by atoms with Gasteiger partial charge >= 0.3 is 6.18 Å². The fourth-order valence-electron chi connectivity index (χ4n) is 1.23. The molecule has 1 N–H and O–H groups in total. The normalized spacial score (nSPS) is 11.6. The van der Waals surface area contributed by atoms with E-state index in [4.69, 9.17) is 4.52 Å². The number of hydrogen-bond donors (Lipinski definition) is 1. The molecule has 0 aliphatic rings. The van der Waals surface area contributed by atoms with E-state index in [0.29, 0.717) is 12.2 Å². The minimum Gasteiger partial charge on any atom is -0.364 e. The summed E-state index contributed by atoms with van der Waals surface area (Å²) in [5, 5.41) is 13.1. The fraction of sp³-hybridized carbons (Fsp3) is 0.300. The topological polar surface area (TPSA) is 63.8 Å². The number of nitrogens with one attached hydrogen (secondary N) is 1. The van der Waals surface area contributed by atoms with Gasteiger partial charge in [0.2, 0.25) is 0 Å². The van der Waals surface area contributed by atoms with Crippen LogP contribution in [0.1, 0.15) is 17.0 Å². The van der Waals surface area contributed by atoms with Crippen molar-refractivity contribution < 1.29 is 17.7 Å². The molecule has 18 heavy (non-hydrogen) atoms. The van der Waals surface area contributed by atoms with E-state index in [0.717, 1.165) is 11.6 Å². The first-order valence-corrected chi connectivity index (χ1v) is 5.01. The van der Waals surface area contributed by atoms with Gasteiger partial charge in [0.05, 0.1) is 6.54 Å². The molecule has 0 aromatic carbocycles. The molecule has 0 aliphatic carbocycles. The largest absolute Gasteiger partial charge is 0.435 e. The van der Waals surface area contributed by atoms with E-state index >= 15 is 0 Å². The van der Waals surface area contributed by atoms with Gasteiger partial charge in [0.15, 0.2) is 5.69 Å². The number of nitrogens with zero attached hydrogens (tertiary/aromatic N) is 3. The lowest BCUT2D eigenvalue weighted by atomic mass is 10.3. The monoisotopic (exact) mass is 258 g/mol. The molecule has 0 bridgehead atoms. The van der Waals surface area contributed by atoms with Crippen LogP contribution in [0, 0.1) is 6.92 Å². The predicted molar refractivity (Wildman–Crippen MR) is 55.6 cm³/mol. The molecule has 0 atom stereocenters. The molecular weight excluding hydrogens is 249 g/mol. The van der Waals surface area contributed by atoms with E-state index < -0.39 is 11.9 Å². The van der Waals surface area contributed by atoms with Crippen LogP contribution in [0.4, 0.5) is 19.0 Å². The Labute approximate surface area is 100 Å². The highest BCUT2D eigenvalue weighted by Crippen LogP contribution is 2.27. The quantitative estimate of drug-likeness (QED) is 0.915. The highest BCUT2D eigenvalue weighted by Gasteiger charge is 2.32. The van der Waals surface area contributed by atoms with Crippen LogP contribution < -0.4 is 5.32 Å². The molecular formula is C10H9F3N4O. The summed E-state index contributed by atoms with van der Waals surface area (Å²) in [4.78, 5) is 0. The Morgan fingerprint density at radius 3 is 2.56 bits per heavy atom. The van der Waals surface area contributed by atoms with Gasteiger partial charge in [-0.05, 0) is 19.1 Å². The van der Waals surface area contributed by atoms with Crippen LogP contribution in [-0.2, 0) is 12.7 Å². The number of rotatable bonds is 3. The highest BCUT2D eigenvalue weighted by atomic mass is 19.4. The Bertz CT molecular complexity index is 521. The SMILES string of the molecule is Cc1conc1CNc1ccc(C(F)(F)F)nn1. The van der Waals surface area contributed by atoms with Crippen molar-refractivity contribution in [1.29, 1.82) is 0 Å². The van der Waals surface area contributed by atoms with Gasteiger partial charge in [-0.15, -0.1) is 10.2 Å². The van der Waals surface area contributed by atoms with E-state index in [-0.39, 0.29) is 5.82 Å². The summed E-state index contributed by atoms with van der Waals surface area (Å²) in [5.74, 6) is 0.241. The van der Waals surface area contributed by atoms with Crippen LogP contribution in [0.2, 0.25) is 0 Å². The lowest BCUT2D eigenvalue weighted by molar-refractivity contribution is -0.141. The Hall–Kier alpha value is -2.12. The van der Waals surface area contributed by atoms with Gasteiger partial charge in [0, 0.05) is 5.56 Å². The second-order valence-electron chi connectivity index (χ2n) is 3.60. The standard InChI is InChI=1S/C10H9F3N4O/c1-6-5-18-17-7(6)4-14-9-3-2-8(15-16-9)10(11,12)13/h2-3,5H,4H2,1H3,(H,14,16). The van der Waals surface area contributed by atoms with Crippen molar-refractivity contribution >= 4 is 5.82 Å². The molecule has 5 nitrogen and oxygen atoms in total. The predicted octanol–water partition coefficient (Wildman–Crippen LogP) is 2.40. The number of alkyl halides is 3. The summed E-state index contributed by atoms with van der Waals surface area (Å²) in [6.07, 6.45) is -3.00. The van der Waals surface area contributed by atoms with Gasteiger partial charge in [0.1, 0.15) is 17.8 Å². The number of aromatic nitrogens is 3. The van der Waals surface area contributed by atoms with Crippen molar-refractivity contribution in [2.75, 3.05) is 5.32 Å². The maximum Gasteiger partial charge on any atom is 0.435 e. The van der Waals surface area contributed by atoms with Gasteiger partial charge in [0.25, 0.3) is 0 Å². The maximum atomic E-state index is 12.2. The van der Waals surface area contributed by atoms with Crippen molar-refractivity contribution in [2.45, 2.75) is 19.6 Å². The molecule has 0 unspecified atom stereocenters. The lowest BCUT2D eigenvalue weighted by Crippen LogP contribution is -2.10. The molecule has 0 fully saturated rings. The molecule has 0 radical (unpaired) electrons. The van der Waals surface area contributed by atoms with Crippen LogP contribution in [0.25, 0.3) is 0 Å². The van der Waals surface area contributed by atoms with Crippen molar-refractivity contribution in [1.82, 2.24) is 15.4 Å². The number of halogens is 3. The molecule has 2 rings (SSSR count). The summed E-state index contributed by atoms with van der Waals surface area (Å²) in [7, 11) is 0. The van der Waals surface area contributed by atoms with Crippen molar-refractivity contribution in [2.24, 2.45) is 0 Å². The minimum absolute atomic E-state index is 0.241. The third-order valence-corrected chi connectivity index (χ3v) is 2.24. The Kier molecular flexibility index (Phi) is 3.17. The average molecular weight is 258 g/mol. The first-order chi connectivity index (χ1) is 8.47. The van der Waals surface area contributed by atoms with Gasteiger partial charge < -0.3 is 9.84 Å². The molecule has 0 saturated heterocycles. The molecule has 0 spiro atoms. The molecule has 0 saturated carbocycles. The molecule has 2 heterocycles. The van der Waals surface area contributed by atoms with Crippen LogP contribution >= 0.6 is 0 Å². The second-order valence-corrected chi connectivity index (χ2v) is 3.60. The minimum atomic E-state index is -4.48. The summed E-state index contributed by atoms with van der Waals surface area (Å²) in [5.41, 5.74) is 0.490. The molecule has 96 valence electrons. The number of anilines is 1. The molecule has 0 amide bonds. The Balaban J connectivity index is 2.01. The van der Waals surface area contributed by atoms with Crippen LogP contribution in [0.5, 0.6) is 0 Å². The van der Waals surface area contributed by atoms with Crippen LogP contribution in [-0.4, -0.2) is 15.4 Å². The van der Waals surface area contributed by atoms with Gasteiger partial charge in [-0.3, -0.25) is 0 Å². The summed E-state index contributed by atoms with van der Waals surface area (Å²) in [6, 6.07) is 2.08. The Morgan fingerprint density at radius 1 is 1.28 bits per heavy atom. The molecule has 2 aromatic heterocycles. The van der Waals surface area contributed by atoms with Crippen molar-refractivity contribution in [3.05, 3.63) is 35.3 Å². The number of hydrogen-bond acceptors (Lipinski definition) is 5. The molecule has 0 aliphatic heterocycles. The van der Waals surface area contributed by atoms with Crippen molar-refractivity contribution in [3.63, 3.8) is 0 Å². The third kappa shape index (κ3) is 2.76. The van der Waals surface area contributed by atoms with Crippen molar-refractivity contribution in [3.8, 4) is 0 Å². The summed E-state index contributed by atoms with van der Waals surface area (Å²) < 4.78 is 41.4. The molecule has 2 aromatic rings. The highest BCUT2D eigenvalue weighted by molar-refractivity contribution is 5.34. The summed E-state index contributed by atoms with van der Waals surface area (Å²) in [6.45, 7) is 2.12. The zero-order valence-corrected chi connectivity index (χ0v) is 9.32. The van der Waals surface area contributed by atoms with E-state index in [9.17, 15) is 13.2 Å². The third-order valence-electron chi connectivity index (χ3n) is 2.24. The number of aryl methyl sites for hydroxylation is 1. The van der Waals surface area contributed by atoms with E-state index in [1.165, 1.54) is 12.3 Å². The first-order valence-electron chi connectivity index (χ1n) is 5.01.